The number of oxime groups is 1. The van der Waals surface area contributed by atoms with E-state index in [4.69, 9.17) is 9.25 Å². The molecule has 2 amide bonds. The van der Waals surface area contributed by atoms with Gasteiger partial charge < -0.3 is 19.5 Å². The van der Waals surface area contributed by atoms with Crippen LogP contribution in [-0.2, 0) is 9.63 Å². The van der Waals surface area contributed by atoms with Crippen LogP contribution in [0.1, 0.15) is 41.1 Å². The average Bonchev–Trinajstić information content (AvgIpc) is 3.25. The first-order valence-electron chi connectivity index (χ1n) is 9.28. The van der Waals surface area contributed by atoms with Gasteiger partial charge in [-0.25, -0.2) is 0 Å². The Bertz CT molecular complexity index is 937. The van der Waals surface area contributed by atoms with Crippen molar-refractivity contribution in [3.63, 3.8) is 0 Å². The quantitative estimate of drug-likeness (QED) is 0.880. The Morgan fingerprint density at radius 1 is 1.32 bits per heavy atom. The third-order valence-electron chi connectivity index (χ3n) is 5.12. The predicted octanol–water partition coefficient (Wildman–Crippen LogP) is 2.68. The molecule has 0 saturated carbocycles. The van der Waals surface area contributed by atoms with E-state index in [-0.39, 0.29) is 11.8 Å². The van der Waals surface area contributed by atoms with Crippen LogP contribution in [0.25, 0.3) is 0 Å². The van der Waals surface area contributed by atoms with Crippen molar-refractivity contribution in [1.29, 1.82) is 0 Å². The van der Waals surface area contributed by atoms with Crippen LogP contribution < -0.4 is 5.32 Å². The number of nitrogens with zero attached hydrogens (tertiary/aromatic N) is 3. The molecule has 8 heteroatoms. The number of hydrogen-bond donors (Lipinski definition) is 1. The molecule has 1 fully saturated rings. The fraction of sp³-hybridized carbons (Fsp3) is 0.400. The molecule has 8 nitrogen and oxygen atoms in total. The Balaban J connectivity index is 1.43. The molecule has 1 saturated heterocycles. The van der Waals surface area contributed by atoms with E-state index in [1.807, 2.05) is 6.92 Å². The summed E-state index contributed by atoms with van der Waals surface area (Å²) in [5.74, 6) is 0.935. The van der Waals surface area contributed by atoms with Gasteiger partial charge in [-0.15, -0.1) is 0 Å². The summed E-state index contributed by atoms with van der Waals surface area (Å²) in [5, 5.41) is 6.80. The van der Waals surface area contributed by atoms with Crippen LogP contribution in [0.2, 0.25) is 0 Å². The fourth-order valence-corrected chi connectivity index (χ4v) is 3.79. The number of carbonyl (C=O) groups excluding carboxylic acids is 2. The highest BCUT2D eigenvalue weighted by Crippen LogP contribution is 2.34. The number of carbonyl (C=O) groups is 2. The van der Waals surface area contributed by atoms with Crippen molar-refractivity contribution in [3.05, 3.63) is 47.7 Å². The zero-order valence-electron chi connectivity index (χ0n) is 15.9. The van der Waals surface area contributed by atoms with Gasteiger partial charge in [-0.2, -0.15) is 0 Å². The molecule has 0 aliphatic carbocycles. The maximum absolute atomic E-state index is 12.9. The summed E-state index contributed by atoms with van der Waals surface area (Å²) in [6.07, 6.45) is 5.10. The van der Waals surface area contributed by atoms with E-state index in [1.165, 1.54) is 0 Å². The highest BCUT2D eigenvalue weighted by Gasteiger charge is 2.46. The van der Waals surface area contributed by atoms with Crippen molar-refractivity contribution in [1.82, 2.24) is 9.88 Å². The lowest BCUT2D eigenvalue weighted by Crippen LogP contribution is -2.50. The zero-order valence-corrected chi connectivity index (χ0v) is 15.9. The van der Waals surface area contributed by atoms with Gasteiger partial charge in [0.1, 0.15) is 17.2 Å². The molecule has 1 N–H and O–H groups in total. The molecule has 0 bridgehead atoms. The fourth-order valence-electron chi connectivity index (χ4n) is 3.79. The van der Waals surface area contributed by atoms with Crippen LogP contribution >= 0.6 is 0 Å². The molecule has 1 unspecified atom stereocenters. The van der Waals surface area contributed by atoms with Gasteiger partial charge in [0.05, 0.1) is 24.0 Å². The van der Waals surface area contributed by atoms with Crippen molar-refractivity contribution in [2.45, 2.75) is 38.7 Å². The summed E-state index contributed by atoms with van der Waals surface area (Å²) in [6.45, 7) is 4.64. The second kappa shape index (κ2) is 7.10. The molecule has 2 aliphatic rings. The molecule has 4 heterocycles. The summed E-state index contributed by atoms with van der Waals surface area (Å²) in [5.41, 5.74) is 0.848. The van der Waals surface area contributed by atoms with E-state index in [1.54, 1.807) is 42.4 Å². The van der Waals surface area contributed by atoms with Crippen molar-refractivity contribution in [3.8, 4) is 0 Å². The maximum Gasteiger partial charge on any atom is 0.273 e. The molecule has 1 spiro atoms. The molecule has 2 aromatic heterocycles. The summed E-state index contributed by atoms with van der Waals surface area (Å²) in [7, 11) is 0. The molecular formula is C20H22N4O4. The SMILES string of the molecule is Cc1cc(C(=O)N2CCCC3(CC(C(=O)Nc4cccnc4)=NO3)C2)c(C)o1. The van der Waals surface area contributed by atoms with Crippen LogP contribution in [0.5, 0.6) is 0 Å². The minimum Gasteiger partial charge on any atom is -0.466 e. The molecule has 146 valence electrons. The van der Waals surface area contributed by atoms with E-state index >= 15 is 0 Å². The first-order valence-corrected chi connectivity index (χ1v) is 9.28. The van der Waals surface area contributed by atoms with Gasteiger partial charge in [-0.05, 0) is 44.9 Å². The highest BCUT2D eigenvalue weighted by atomic mass is 16.7. The number of hydrogen-bond acceptors (Lipinski definition) is 6. The monoisotopic (exact) mass is 382 g/mol. The minimum atomic E-state index is -0.651. The van der Waals surface area contributed by atoms with Gasteiger partial charge in [0.25, 0.3) is 11.8 Å². The number of likely N-dealkylation sites (tertiary alicyclic amines) is 1. The van der Waals surface area contributed by atoms with E-state index in [0.29, 0.717) is 48.0 Å². The molecule has 4 rings (SSSR count). The molecule has 1 atom stereocenters. The lowest BCUT2D eigenvalue weighted by molar-refractivity contribution is -0.110. The summed E-state index contributed by atoms with van der Waals surface area (Å²) in [6, 6.07) is 5.26. The Morgan fingerprint density at radius 3 is 2.89 bits per heavy atom. The number of aromatic nitrogens is 1. The molecule has 2 aromatic rings. The molecule has 0 aromatic carbocycles. The largest absolute Gasteiger partial charge is 0.466 e. The smallest absolute Gasteiger partial charge is 0.273 e. The Kier molecular flexibility index (Phi) is 4.62. The summed E-state index contributed by atoms with van der Waals surface area (Å²) < 4.78 is 5.49. The number of rotatable bonds is 3. The topological polar surface area (TPSA) is 97.0 Å². The molecule has 0 radical (unpaired) electrons. The molecule has 2 aliphatic heterocycles. The Labute approximate surface area is 162 Å². The van der Waals surface area contributed by atoms with Gasteiger partial charge in [0.2, 0.25) is 0 Å². The van der Waals surface area contributed by atoms with Gasteiger partial charge in [0, 0.05) is 19.2 Å². The first-order chi connectivity index (χ1) is 13.5. The van der Waals surface area contributed by atoms with Gasteiger partial charge >= 0.3 is 0 Å². The minimum absolute atomic E-state index is 0.0784. The number of anilines is 1. The predicted molar refractivity (Wildman–Crippen MR) is 102 cm³/mol. The number of piperidine rings is 1. The number of aryl methyl sites for hydroxylation is 2. The van der Waals surface area contributed by atoms with Crippen molar-refractivity contribution in [2.75, 3.05) is 18.4 Å². The Morgan fingerprint density at radius 2 is 2.18 bits per heavy atom. The maximum atomic E-state index is 12.9. The van der Waals surface area contributed by atoms with Gasteiger partial charge in [0.15, 0.2) is 5.60 Å². The molecule has 28 heavy (non-hydrogen) atoms. The lowest BCUT2D eigenvalue weighted by atomic mass is 9.87. The average molecular weight is 382 g/mol. The standard InChI is InChI=1S/C20H22N4O4/c1-13-9-16(14(2)27-13)19(26)24-8-4-6-20(12-24)10-17(23-28-20)18(25)22-15-5-3-7-21-11-15/h3,5,7,9,11H,4,6,8,10,12H2,1-2H3,(H,22,25). The van der Waals surface area contributed by atoms with E-state index < -0.39 is 5.60 Å². The molecular weight excluding hydrogens is 360 g/mol. The summed E-state index contributed by atoms with van der Waals surface area (Å²) in [4.78, 5) is 36.8. The van der Waals surface area contributed by atoms with Crippen LogP contribution in [0.15, 0.2) is 40.2 Å². The Hall–Kier alpha value is -3.16. The third kappa shape index (κ3) is 3.49. The van der Waals surface area contributed by atoms with Crippen molar-refractivity contribution in [2.24, 2.45) is 5.16 Å². The number of amides is 2. The van der Waals surface area contributed by atoms with Crippen LogP contribution in [0, 0.1) is 13.8 Å². The first kappa shape index (κ1) is 18.2. The van der Waals surface area contributed by atoms with Crippen LogP contribution in [-0.4, -0.2) is 46.1 Å². The highest BCUT2D eigenvalue weighted by molar-refractivity contribution is 6.43. The van der Waals surface area contributed by atoms with Crippen molar-refractivity contribution < 1.29 is 18.8 Å². The van der Waals surface area contributed by atoms with Gasteiger partial charge in [-0.1, -0.05) is 5.16 Å². The third-order valence-corrected chi connectivity index (χ3v) is 5.12. The van der Waals surface area contributed by atoms with E-state index in [0.717, 1.165) is 12.8 Å². The number of furan rings is 1. The zero-order chi connectivity index (χ0) is 19.7. The van der Waals surface area contributed by atoms with E-state index in [2.05, 4.69) is 15.5 Å². The number of pyridine rings is 1. The lowest BCUT2D eigenvalue weighted by Gasteiger charge is -2.38. The second-order valence-corrected chi connectivity index (χ2v) is 7.34. The van der Waals surface area contributed by atoms with Gasteiger partial charge in [-0.3, -0.25) is 14.6 Å². The van der Waals surface area contributed by atoms with Crippen molar-refractivity contribution >= 4 is 23.2 Å². The van der Waals surface area contributed by atoms with Crippen LogP contribution in [0.4, 0.5) is 5.69 Å². The second-order valence-electron chi connectivity index (χ2n) is 7.34. The van der Waals surface area contributed by atoms with Crippen LogP contribution in [0.3, 0.4) is 0 Å². The number of nitrogens with one attached hydrogen (secondary N) is 1. The summed E-state index contributed by atoms with van der Waals surface area (Å²) >= 11 is 0. The normalized spacial score (nSPS) is 21.4. The van der Waals surface area contributed by atoms with E-state index in [9.17, 15) is 9.59 Å².